The van der Waals surface area contributed by atoms with Crippen LogP contribution < -0.4 is 10.1 Å². The second kappa shape index (κ2) is 7.28. The summed E-state index contributed by atoms with van der Waals surface area (Å²) in [6.07, 6.45) is 4.81. The number of ether oxygens (including phenoxy) is 2. The van der Waals surface area contributed by atoms with E-state index >= 15 is 0 Å². The Morgan fingerprint density at radius 1 is 1.14 bits per heavy atom. The second-order valence-electron chi connectivity index (χ2n) is 6.24. The molecule has 0 radical (unpaired) electrons. The fourth-order valence-electron chi connectivity index (χ4n) is 3.78. The van der Waals surface area contributed by atoms with E-state index in [9.17, 15) is 0 Å². The van der Waals surface area contributed by atoms with E-state index in [2.05, 4.69) is 36.5 Å². The first-order valence-electron chi connectivity index (χ1n) is 8.41. The van der Waals surface area contributed by atoms with Gasteiger partial charge in [-0.25, -0.2) is 0 Å². The van der Waals surface area contributed by atoms with Crippen LogP contribution in [0.3, 0.4) is 0 Å². The molecule has 2 atom stereocenters. The third-order valence-electron chi connectivity index (χ3n) is 4.89. The highest BCUT2D eigenvalue weighted by Gasteiger charge is 2.30. The summed E-state index contributed by atoms with van der Waals surface area (Å²) in [4.78, 5) is 0. The molecule has 1 N–H and O–H groups in total. The van der Waals surface area contributed by atoms with Crippen molar-refractivity contribution < 1.29 is 9.47 Å². The number of nitrogens with one attached hydrogen (secondary N) is 1. The lowest BCUT2D eigenvalue weighted by Gasteiger charge is -2.35. The van der Waals surface area contributed by atoms with Gasteiger partial charge in [0.05, 0.1) is 6.61 Å². The van der Waals surface area contributed by atoms with Gasteiger partial charge in [-0.3, -0.25) is 0 Å². The van der Waals surface area contributed by atoms with Crippen molar-refractivity contribution in [2.75, 3.05) is 26.4 Å². The molecule has 0 aromatic heterocycles. The number of likely N-dealkylation sites (N-methyl/N-ethyl adjacent to an activating group) is 1. The van der Waals surface area contributed by atoms with Gasteiger partial charge >= 0.3 is 0 Å². The van der Waals surface area contributed by atoms with Gasteiger partial charge in [-0.2, -0.15) is 0 Å². The molecule has 3 nitrogen and oxygen atoms in total. The van der Waals surface area contributed by atoms with E-state index in [0.717, 1.165) is 44.5 Å². The summed E-state index contributed by atoms with van der Waals surface area (Å²) in [7, 11) is 0. The largest absolute Gasteiger partial charge is 0.493 e. The fourth-order valence-corrected chi connectivity index (χ4v) is 3.78. The van der Waals surface area contributed by atoms with Gasteiger partial charge in [-0.15, -0.1) is 0 Å². The molecule has 116 valence electrons. The second-order valence-corrected chi connectivity index (χ2v) is 6.24. The molecule has 0 spiro atoms. The summed E-state index contributed by atoms with van der Waals surface area (Å²) in [5.41, 5.74) is 1.39. The highest BCUT2D eigenvalue weighted by atomic mass is 16.5. The third-order valence-corrected chi connectivity index (χ3v) is 4.89. The van der Waals surface area contributed by atoms with Gasteiger partial charge in [-0.1, -0.05) is 25.1 Å². The van der Waals surface area contributed by atoms with Gasteiger partial charge in [0.15, 0.2) is 0 Å². The third kappa shape index (κ3) is 3.58. The molecular formula is C18H27NO2. The molecule has 1 fully saturated rings. The quantitative estimate of drug-likeness (QED) is 0.901. The molecule has 1 aromatic carbocycles. The van der Waals surface area contributed by atoms with Gasteiger partial charge in [0, 0.05) is 25.2 Å². The minimum atomic E-state index is 0.558. The number of para-hydroxylation sites is 1. The minimum absolute atomic E-state index is 0.558. The predicted molar refractivity (Wildman–Crippen MR) is 84.9 cm³/mol. The molecule has 0 aliphatic carbocycles. The van der Waals surface area contributed by atoms with Crippen LogP contribution in [0.2, 0.25) is 0 Å². The monoisotopic (exact) mass is 289 g/mol. The first kappa shape index (κ1) is 14.9. The Bertz CT molecular complexity index is 443. The van der Waals surface area contributed by atoms with Crippen LogP contribution in [0.4, 0.5) is 0 Å². The number of hydrogen-bond donors (Lipinski definition) is 1. The number of benzene rings is 1. The highest BCUT2D eigenvalue weighted by molar-refractivity contribution is 5.38. The summed E-state index contributed by atoms with van der Waals surface area (Å²) in [6, 6.07) is 9.12. The zero-order chi connectivity index (χ0) is 14.5. The van der Waals surface area contributed by atoms with Gasteiger partial charge < -0.3 is 14.8 Å². The summed E-state index contributed by atoms with van der Waals surface area (Å²) < 4.78 is 11.3. The van der Waals surface area contributed by atoms with Crippen LogP contribution in [0.5, 0.6) is 5.75 Å². The van der Waals surface area contributed by atoms with Crippen LogP contribution >= 0.6 is 0 Å². The van der Waals surface area contributed by atoms with Crippen molar-refractivity contribution in [3.63, 3.8) is 0 Å². The van der Waals surface area contributed by atoms with Crippen LogP contribution in [-0.2, 0) is 4.74 Å². The zero-order valence-electron chi connectivity index (χ0n) is 13.0. The normalized spacial score (nSPS) is 24.1. The topological polar surface area (TPSA) is 30.5 Å². The van der Waals surface area contributed by atoms with Crippen molar-refractivity contribution >= 4 is 0 Å². The molecule has 1 saturated heterocycles. The lowest BCUT2D eigenvalue weighted by atomic mass is 9.80. The molecule has 0 saturated carbocycles. The van der Waals surface area contributed by atoms with Crippen molar-refractivity contribution in [2.45, 2.75) is 44.6 Å². The van der Waals surface area contributed by atoms with E-state index < -0.39 is 0 Å². The Balaban J connectivity index is 1.74. The van der Waals surface area contributed by atoms with Crippen LogP contribution in [0, 0.1) is 5.92 Å². The molecule has 1 aromatic rings. The first-order valence-corrected chi connectivity index (χ1v) is 8.41. The van der Waals surface area contributed by atoms with Gasteiger partial charge in [0.1, 0.15) is 5.75 Å². The molecule has 3 heteroatoms. The lowest BCUT2D eigenvalue weighted by molar-refractivity contribution is 0.0586. The molecular weight excluding hydrogens is 262 g/mol. The summed E-state index contributed by atoms with van der Waals surface area (Å²) in [5.74, 6) is 2.47. The maximum absolute atomic E-state index is 5.82. The van der Waals surface area contributed by atoms with Crippen LogP contribution in [0.1, 0.15) is 44.1 Å². The molecule has 2 unspecified atom stereocenters. The molecule has 2 aliphatic heterocycles. The van der Waals surface area contributed by atoms with Crippen LogP contribution in [0.25, 0.3) is 0 Å². The molecule has 3 rings (SSSR count). The van der Waals surface area contributed by atoms with Gasteiger partial charge in [0.25, 0.3) is 0 Å². The fraction of sp³-hybridized carbons (Fsp3) is 0.667. The maximum Gasteiger partial charge on any atom is 0.122 e. The Morgan fingerprint density at radius 2 is 1.95 bits per heavy atom. The Hall–Kier alpha value is -1.06. The highest BCUT2D eigenvalue weighted by Crippen LogP contribution is 2.38. The number of rotatable bonds is 5. The van der Waals surface area contributed by atoms with E-state index in [1.807, 2.05) is 0 Å². The van der Waals surface area contributed by atoms with E-state index in [-0.39, 0.29) is 0 Å². The molecule has 0 amide bonds. The van der Waals surface area contributed by atoms with Crippen molar-refractivity contribution in [1.82, 2.24) is 5.32 Å². The smallest absolute Gasteiger partial charge is 0.122 e. The van der Waals surface area contributed by atoms with Crippen molar-refractivity contribution in [1.29, 1.82) is 0 Å². The number of fused-ring (bicyclic) bond motifs is 1. The standard InChI is InChI=1S/C18H27NO2/c1-2-19-17(13-14-7-10-20-11-8-14)15-9-12-21-18-6-4-3-5-16(15)18/h3-6,14-15,17,19H,2,7-13H2,1H3. The first-order chi connectivity index (χ1) is 10.4. The SMILES string of the molecule is CCNC(CC1CCOCC1)C1CCOc2ccccc21. The van der Waals surface area contributed by atoms with E-state index in [1.54, 1.807) is 0 Å². The Labute approximate surface area is 128 Å². The molecule has 2 aliphatic rings. The van der Waals surface area contributed by atoms with Gasteiger partial charge in [-0.05, 0) is 49.8 Å². The van der Waals surface area contributed by atoms with Gasteiger partial charge in [0.2, 0.25) is 0 Å². The molecule has 0 bridgehead atoms. The van der Waals surface area contributed by atoms with Crippen molar-refractivity contribution in [2.24, 2.45) is 5.92 Å². The average Bonchev–Trinajstić information content (AvgIpc) is 2.55. The van der Waals surface area contributed by atoms with E-state index in [0.29, 0.717) is 12.0 Å². The molecule has 2 heterocycles. The van der Waals surface area contributed by atoms with Crippen LogP contribution in [-0.4, -0.2) is 32.4 Å². The number of hydrogen-bond acceptors (Lipinski definition) is 3. The zero-order valence-corrected chi connectivity index (χ0v) is 13.0. The predicted octanol–water partition coefficient (Wildman–Crippen LogP) is 3.35. The van der Waals surface area contributed by atoms with E-state index in [1.165, 1.54) is 24.8 Å². The maximum atomic E-state index is 5.82. The Morgan fingerprint density at radius 3 is 2.76 bits per heavy atom. The van der Waals surface area contributed by atoms with Crippen molar-refractivity contribution in [3.8, 4) is 5.75 Å². The minimum Gasteiger partial charge on any atom is -0.493 e. The summed E-state index contributed by atoms with van der Waals surface area (Å²) >= 11 is 0. The summed E-state index contributed by atoms with van der Waals surface area (Å²) in [5, 5.41) is 3.74. The Kier molecular flexibility index (Phi) is 5.15. The molecule has 21 heavy (non-hydrogen) atoms. The van der Waals surface area contributed by atoms with Crippen molar-refractivity contribution in [3.05, 3.63) is 29.8 Å². The summed E-state index contributed by atoms with van der Waals surface area (Å²) in [6.45, 7) is 5.97. The average molecular weight is 289 g/mol. The lowest BCUT2D eigenvalue weighted by Crippen LogP contribution is -2.39. The van der Waals surface area contributed by atoms with Crippen LogP contribution in [0.15, 0.2) is 24.3 Å². The van der Waals surface area contributed by atoms with E-state index in [4.69, 9.17) is 9.47 Å².